The van der Waals surface area contributed by atoms with Crippen molar-refractivity contribution in [2.45, 2.75) is 38.8 Å². The Labute approximate surface area is 93.4 Å². The maximum atomic E-state index is 5.40. The average molecular weight is 212 g/mol. The van der Waals surface area contributed by atoms with Crippen LogP contribution in [0.4, 0.5) is 0 Å². The van der Waals surface area contributed by atoms with Gasteiger partial charge in [0.1, 0.15) is 0 Å². The van der Waals surface area contributed by atoms with Gasteiger partial charge in [0.15, 0.2) is 0 Å². The standard InChI is InChI=1S/C12H24N2O/c1-11(2,3)14-9-12(4,10-14)13-5-7-15-8-6-13/h5-10H2,1-4H3. The molecule has 0 aliphatic carbocycles. The van der Waals surface area contributed by atoms with E-state index in [0.717, 1.165) is 26.3 Å². The van der Waals surface area contributed by atoms with Gasteiger partial charge in [-0.2, -0.15) is 0 Å². The lowest BCUT2D eigenvalue weighted by Crippen LogP contribution is -2.73. The highest BCUT2D eigenvalue weighted by molar-refractivity contribution is 5.04. The molecular weight excluding hydrogens is 188 g/mol. The number of nitrogens with zero attached hydrogens (tertiary/aromatic N) is 2. The smallest absolute Gasteiger partial charge is 0.0594 e. The van der Waals surface area contributed by atoms with Crippen LogP contribution < -0.4 is 0 Å². The normalized spacial score (nSPS) is 28.8. The van der Waals surface area contributed by atoms with Gasteiger partial charge in [-0.3, -0.25) is 9.80 Å². The second kappa shape index (κ2) is 3.72. The van der Waals surface area contributed by atoms with Crippen LogP contribution in [0.2, 0.25) is 0 Å². The zero-order chi connectivity index (χ0) is 11.1. The Morgan fingerprint density at radius 1 is 1.07 bits per heavy atom. The summed E-state index contributed by atoms with van der Waals surface area (Å²) in [5, 5.41) is 0. The summed E-state index contributed by atoms with van der Waals surface area (Å²) in [5.41, 5.74) is 0.725. The Balaban J connectivity index is 1.89. The van der Waals surface area contributed by atoms with Crippen LogP contribution in [-0.4, -0.2) is 60.3 Å². The largest absolute Gasteiger partial charge is 0.379 e. The summed E-state index contributed by atoms with van der Waals surface area (Å²) in [6, 6.07) is 0. The fourth-order valence-electron chi connectivity index (χ4n) is 2.55. The molecule has 0 unspecified atom stereocenters. The predicted molar refractivity (Wildman–Crippen MR) is 62.1 cm³/mol. The number of ether oxygens (including phenoxy) is 1. The molecule has 2 aliphatic rings. The maximum Gasteiger partial charge on any atom is 0.0594 e. The van der Waals surface area contributed by atoms with Crippen molar-refractivity contribution in [3.63, 3.8) is 0 Å². The van der Waals surface area contributed by atoms with Crippen LogP contribution in [0.25, 0.3) is 0 Å². The molecule has 0 aromatic rings. The molecule has 2 aliphatic heterocycles. The first-order chi connectivity index (χ1) is 6.92. The van der Waals surface area contributed by atoms with E-state index in [1.807, 2.05) is 0 Å². The predicted octanol–water partition coefficient (Wildman–Crippen LogP) is 1.19. The van der Waals surface area contributed by atoms with Gasteiger partial charge in [-0.05, 0) is 27.7 Å². The number of likely N-dealkylation sites (tertiary alicyclic amines) is 1. The first-order valence-electron chi connectivity index (χ1n) is 6.00. The minimum atomic E-state index is 0.325. The minimum Gasteiger partial charge on any atom is -0.379 e. The molecule has 3 nitrogen and oxygen atoms in total. The summed E-state index contributed by atoms with van der Waals surface area (Å²) >= 11 is 0. The quantitative estimate of drug-likeness (QED) is 0.649. The van der Waals surface area contributed by atoms with E-state index in [1.54, 1.807) is 0 Å². The Morgan fingerprint density at radius 2 is 1.60 bits per heavy atom. The van der Waals surface area contributed by atoms with Crippen molar-refractivity contribution in [2.75, 3.05) is 39.4 Å². The van der Waals surface area contributed by atoms with E-state index < -0.39 is 0 Å². The van der Waals surface area contributed by atoms with E-state index in [2.05, 4.69) is 37.5 Å². The molecule has 2 heterocycles. The molecule has 3 heteroatoms. The second-order valence-corrected chi connectivity index (χ2v) is 6.12. The number of hydrogen-bond donors (Lipinski definition) is 0. The lowest BCUT2D eigenvalue weighted by atomic mass is 9.85. The molecule has 88 valence electrons. The Bertz CT molecular complexity index is 222. The van der Waals surface area contributed by atoms with E-state index in [4.69, 9.17) is 4.74 Å². The Kier molecular flexibility index (Phi) is 2.82. The molecule has 0 atom stereocenters. The molecule has 0 aromatic carbocycles. The average Bonchev–Trinajstić information content (AvgIpc) is 2.13. The van der Waals surface area contributed by atoms with Gasteiger partial charge in [-0.15, -0.1) is 0 Å². The summed E-state index contributed by atoms with van der Waals surface area (Å²) in [5.74, 6) is 0. The monoisotopic (exact) mass is 212 g/mol. The summed E-state index contributed by atoms with van der Waals surface area (Å²) in [6.07, 6.45) is 0. The lowest BCUT2D eigenvalue weighted by molar-refractivity contribution is -0.112. The summed E-state index contributed by atoms with van der Waals surface area (Å²) in [4.78, 5) is 5.15. The van der Waals surface area contributed by atoms with Gasteiger partial charge < -0.3 is 4.74 Å². The van der Waals surface area contributed by atoms with Gasteiger partial charge in [0.25, 0.3) is 0 Å². The molecule has 0 spiro atoms. The molecule has 2 rings (SSSR count). The van der Waals surface area contributed by atoms with Crippen LogP contribution in [0.5, 0.6) is 0 Å². The molecule has 0 saturated carbocycles. The van der Waals surface area contributed by atoms with Crippen molar-refractivity contribution >= 4 is 0 Å². The molecule has 0 aromatic heterocycles. The molecule has 0 N–H and O–H groups in total. The van der Waals surface area contributed by atoms with Gasteiger partial charge in [0.2, 0.25) is 0 Å². The van der Waals surface area contributed by atoms with Crippen LogP contribution in [0.1, 0.15) is 27.7 Å². The minimum absolute atomic E-state index is 0.325. The van der Waals surface area contributed by atoms with E-state index in [0.29, 0.717) is 11.1 Å². The van der Waals surface area contributed by atoms with Crippen LogP contribution in [-0.2, 0) is 4.74 Å². The van der Waals surface area contributed by atoms with E-state index in [1.165, 1.54) is 13.1 Å². The number of hydrogen-bond acceptors (Lipinski definition) is 3. The molecule has 2 fully saturated rings. The highest BCUT2D eigenvalue weighted by Crippen LogP contribution is 2.33. The third-order valence-corrected chi connectivity index (χ3v) is 3.79. The summed E-state index contributed by atoms with van der Waals surface area (Å²) in [7, 11) is 0. The molecule has 0 bridgehead atoms. The van der Waals surface area contributed by atoms with Gasteiger partial charge in [-0.1, -0.05) is 0 Å². The second-order valence-electron chi connectivity index (χ2n) is 6.12. The third kappa shape index (κ3) is 2.19. The van der Waals surface area contributed by atoms with Gasteiger partial charge in [-0.25, -0.2) is 0 Å². The SMILES string of the molecule is CC(C)(C)N1CC(C)(N2CCOCC2)C1. The fourth-order valence-corrected chi connectivity index (χ4v) is 2.55. The fraction of sp³-hybridized carbons (Fsp3) is 1.00. The van der Waals surface area contributed by atoms with E-state index in [9.17, 15) is 0 Å². The van der Waals surface area contributed by atoms with Crippen molar-refractivity contribution in [3.8, 4) is 0 Å². The van der Waals surface area contributed by atoms with Gasteiger partial charge in [0.05, 0.1) is 13.2 Å². The third-order valence-electron chi connectivity index (χ3n) is 3.79. The number of rotatable bonds is 1. The zero-order valence-electron chi connectivity index (χ0n) is 10.5. The molecule has 0 radical (unpaired) electrons. The molecule has 15 heavy (non-hydrogen) atoms. The molecule has 2 saturated heterocycles. The van der Waals surface area contributed by atoms with Crippen LogP contribution in [0, 0.1) is 0 Å². The number of morpholine rings is 1. The lowest BCUT2D eigenvalue weighted by Gasteiger charge is -2.59. The Hall–Kier alpha value is -0.120. The van der Waals surface area contributed by atoms with Crippen molar-refractivity contribution in [1.29, 1.82) is 0 Å². The van der Waals surface area contributed by atoms with Gasteiger partial charge in [0, 0.05) is 37.3 Å². The van der Waals surface area contributed by atoms with Gasteiger partial charge >= 0.3 is 0 Å². The van der Waals surface area contributed by atoms with Crippen molar-refractivity contribution in [3.05, 3.63) is 0 Å². The van der Waals surface area contributed by atoms with E-state index in [-0.39, 0.29) is 0 Å². The topological polar surface area (TPSA) is 15.7 Å². The van der Waals surface area contributed by atoms with Crippen molar-refractivity contribution in [2.24, 2.45) is 0 Å². The zero-order valence-corrected chi connectivity index (χ0v) is 10.5. The van der Waals surface area contributed by atoms with E-state index >= 15 is 0 Å². The van der Waals surface area contributed by atoms with Crippen molar-refractivity contribution < 1.29 is 4.74 Å². The van der Waals surface area contributed by atoms with Crippen molar-refractivity contribution in [1.82, 2.24) is 9.80 Å². The first kappa shape index (κ1) is 11.4. The van der Waals surface area contributed by atoms with Crippen LogP contribution >= 0.6 is 0 Å². The Morgan fingerprint density at radius 3 is 2.07 bits per heavy atom. The highest BCUT2D eigenvalue weighted by atomic mass is 16.5. The maximum absolute atomic E-state index is 5.40. The summed E-state index contributed by atoms with van der Waals surface area (Å²) < 4.78 is 5.40. The first-order valence-corrected chi connectivity index (χ1v) is 6.00. The summed E-state index contributed by atoms with van der Waals surface area (Å²) in [6.45, 7) is 15.7. The van der Waals surface area contributed by atoms with Crippen LogP contribution in [0.3, 0.4) is 0 Å². The highest BCUT2D eigenvalue weighted by Gasteiger charge is 2.47. The van der Waals surface area contributed by atoms with Crippen LogP contribution in [0.15, 0.2) is 0 Å². The molecular formula is C12H24N2O. The molecule has 0 amide bonds.